The van der Waals surface area contributed by atoms with E-state index in [9.17, 15) is 4.79 Å². The van der Waals surface area contributed by atoms with Crippen molar-refractivity contribution in [2.75, 3.05) is 7.11 Å². The molecule has 0 atom stereocenters. The van der Waals surface area contributed by atoms with Gasteiger partial charge in [0.15, 0.2) is 0 Å². The number of benzene rings is 1. The summed E-state index contributed by atoms with van der Waals surface area (Å²) >= 11 is 0. The van der Waals surface area contributed by atoms with Crippen molar-refractivity contribution in [1.29, 1.82) is 0 Å². The third-order valence-electron chi connectivity index (χ3n) is 1.85. The fraction of sp³-hybridized carbons (Fsp3) is 0.182. The first-order valence-corrected chi connectivity index (χ1v) is 4.19. The van der Waals surface area contributed by atoms with Gasteiger partial charge in [0.25, 0.3) is 0 Å². The average molecular weight is 192 g/mol. The van der Waals surface area contributed by atoms with Crippen molar-refractivity contribution in [2.24, 2.45) is 0 Å². The number of hydrogen-bond acceptors (Lipinski definition) is 2. The topological polar surface area (TPSA) is 46.5 Å². The molecule has 1 N–H and O–H groups in total. The predicted octanol–water partition coefficient (Wildman–Crippen LogP) is 2.18. The van der Waals surface area contributed by atoms with Gasteiger partial charge in [0.2, 0.25) is 0 Å². The fourth-order valence-electron chi connectivity index (χ4n) is 1.08. The van der Waals surface area contributed by atoms with Gasteiger partial charge in [-0.2, -0.15) is 0 Å². The second-order valence-electron chi connectivity index (χ2n) is 2.87. The van der Waals surface area contributed by atoms with Crippen molar-refractivity contribution in [3.8, 4) is 5.75 Å². The van der Waals surface area contributed by atoms with E-state index in [-0.39, 0.29) is 5.57 Å². The molecule has 0 heterocycles. The van der Waals surface area contributed by atoms with Crippen molar-refractivity contribution < 1.29 is 14.6 Å². The Bertz CT molecular complexity index is 367. The van der Waals surface area contributed by atoms with Crippen molar-refractivity contribution >= 4 is 12.0 Å². The summed E-state index contributed by atoms with van der Waals surface area (Å²) < 4.78 is 5.09. The summed E-state index contributed by atoms with van der Waals surface area (Å²) in [5, 5.41) is 8.70. The summed E-state index contributed by atoms with van der Waals surface area (Å²) in [6, 6.07) is 7.28. The molecule has 1 aromatic carbocycles. The number of carboxylic acids is 1. The lowest BCUT2D eigenvalue weighted by Crippen LogP contribution is -1.96. The summed E-state index contributed by atoms with van der Waals surface area (Å²) in [7, 11) is 1.56. The van der Waals surface area contributed by atoms with Gasteiger partial charge in [0, 0.05) is 11.1 Å². The zero-order valence-electron chi connectivity index (χ0n) is 8.15. The smallest absolute Gasteiger partial charge is 0.331 e. The van der Waals surface area contributed by atoms with Crippen LogP contribution in [0.5, 0.6) is 5.75 Å². The lowest BCUT2D eigenvalue weighted by molar-refractivity contribution is -0.132. The number of ether oxygens (including phenoxy) is 1. The Balaban J connectivity index is 3.07. The number of hydrogen-bond donors (Lipinski definition) is 1. The van der Waals surface area contributed by atoms with Gasteiger partial charge >= 0.3 is 5.97 Å². The lowest BCUT2D eigenvalue weighted by atomic mass is 10.1. The van der Waals surface area contributed by atoms with E-state index in [4.69, 9.17) is 9.84 Å². The number of aliphatic carboxylic acids is 1. The van der Waals surface area contributed by atoms with Crippen LogP contribution in [0.25, 0.3) is 6.08 Å². The van der Waals surface area contributed by atoms with Gasteiger partial charge in [0.05, 0.1) is 7.11 Å². The Hall–Kier alpha value is -1.77. The van der Waals surface area contributed by atoms with Crippen LogP contribution in [0, 0.1) is 0 Å². The molecule has 0 unspecified atom stereocenters. The summed E-state index contributed by atoms with van der Waals surface area (Å²) in [6.45, 7) is 1.55. The standard InChI is InChI=1S/C11H12O3/c1-8(11(12)13)7-9-5-3-4-6-10(9)14-2/h3-7H,1-2H3,(H,12,13). The molecule has 0 aliphatic carbocycles. The minimum absolute atomic E-state index is 0.287. The monoisotopic (exact) mass is 192 g/mol. The Morgan fingerprint density at radius 2 is 2.07 bits per heavy atom. The molecular weight excluding hydrogens is 180 g/mol. The Kier molecular flexibility index (Phi) is 3.29. The van der Waals surface area contributed by atoms with Crippen LogP contribution in [0.2, 0.25) is 0 Å². The first-order chi connectivity index (χ1) is 6.65. The van der Waals surface area contributed by atoms with E-state index < -0.39 is 5.97 Å². The quantitative estimate of drug-likeness (QED) is 0.746. The summed E-state index contributed by atoms with van der Waals surface area (Å²) in [6.07, 6.45) is 1.58. The molecule has 1 rings (SSSR count). The van der Waals surface area contributed by atoms with E-state index in [1.165, 1.54) is 0 Å². The van der Waals surface area contributed by atoms with Crippen LogP contribution in [-0.2, 0) is 4.79 Å². The lowest BCUT2D eigenvalue weighted by Gasteiger charge is -2.03. The zero-order valence-corrected chi connectivity index (χ0v) is 8.15. The van der Waals surface area contributed by atoms with E-state index in [0.29, 0.717) is 5.75 Å². The average Bonchev–Trinajstić information content (AvgIpc) is 2.18. The molecule has 0 aliphatic heterocycles. The summed E-state index contributed by atoms with van der Waals surface area (Å²) in [5.74, 6) is -0.246. The van der Waals surface area contributed by atoms with Crippen LogP contribution in [0.1, 0.15) is 12.5 Å². The molecule has 0 radical (unpaired) electrons. The molecule has 0 spiro atoms. The maximum Gasteiger partial charge on any atom is 0.331 e. The highest BCUT2D eigenvalue weighted by Gasteiger charge is 2.03. The number of rotatable bonds is 3. The Labute approximate surface area is 82.6 Å². The fourth-order valence-corrected chi connectivity index (χ4v) is 1.08. The van der Waals surface area contributed by atoms with Gasteiger partial charge in [-0.25, -0.2) is 4.79 Å². The van der Waals surface area contributed by atoms with E-state index in [0.717, 1.165) is 5.56 Å². The molecule has 0 bridgehead atoms. The normalized spacial score (nSPS) is 11.1. The summed E-state index contributed by atoms with van der Waals surface area (Å²) in [5.41, 5.74) is 1.06. The predicted molar refractivity (Wildman–Crippen MR) is 54.3 cm³/mol. The first-order valence-electron chi connectivity index (χ1n) is 4.19. The zero-order chi connectivity index (χ0) is 10.6. The SMILES string of the molecule is COc1ccccc1C=C(C)C(=O)O. The van der Waals surface area contributed by atoms with Crippen molar-refractivity contribution in [3.05, 3.63) is 35.4 Å². The highest BCUT2D eigenvalue weighted by Crippen LogP contribution is 2.20. The van der Waals surface area contributed by atoms with E-state index in [1.54, 1.807) is 26.2 Å². The minimum atomic E-state index is -0.920. The molecule has 0 saturated carbocycles. The third-order valence-corrected chi connectivity index (χ3v) is 1.85. The van der Waals surface area contributed by atoms with Gasteiger partial charge in [0.1, 0.15) is 5.75 Å². The van der Waals surface area contributed by atoms with Gasteiger partial charge in [-0.3, -0.25) is 0 Å². The van der Waals surface area contributed by atoms with Crippen molar-refractivity contribution in [1.82, 2.24) is 0 Å². The number of carboxylic acid groups (broad SMARTS) is 1. The second kappa shape index (κ2) is 4.46. The van der Waals surface area contributed by atoms with Crippen LogP contribution in [0.4, 0.5) is 0 Å². The molecule has 74 valence electrons. The largest absolute Gasteiger partial charge is 0.496 e. The molecule has 3 heteroatoms. The molecule has 0 saturated heterocycles. The maximum atomic E-state index is 10.6. The Morgan fingerprint density at radius 3 is 2.64 bits per heavy atom. The minimum Gasteiger partial charge on any atom is -0.496 e. The number of para-hydroxylation sites is 1. The van der Waals surface area contributed by atoms with Crippen molar-refractivity contribution in [2.45, 2.75) is 6.92 Å². The summed E-state index contributed by atoms with van der Waals surface area (Å²) in [4.78, 5) is 10.6. The van der Waals surface area contributed by atoms with E-state index in [1.807, 2.05) is 18.2 Å². The second-order valence-corrected chi connectivity index (χ2v) is 2.87. The van der Waals surface area contributed by atoms with Crippen LogP contribution in [0.15, 0.2) is 29.8 Å². The first kappa shape index (κ1) is 10.3. The van der Waals surface area contributed by atoms with Crippen LogP contribution < -0.4 is 4.74 Å². The molecule has 0 aliphatic rings. The molecule has 0 amide bonds. The number of carbonyl (C=O) groups is 1. The van der Waals surface area contributed by atoms with Gasteiger partial charge in [-0.15, -0.1) is 0 Å². The Morgan fingerprint density at radius 1 is 1.43 bits per heavy atom. The van der Waals surface area contributed by atoms with Gasteiger partial charge in [-0.1, -0.05) is 18.2 Å². The van der Waals surface area contributed by atoms with Gasteiger partial charge in [-0.05, 0) is 19.1 Å². The molecule has 1 aromatic rings. The third kappa shape index (κ3) is 2.36. The van der Waals surface area contributed by atoms with E-state index in [2.05, 4.69) is 0 Å². The highest BCUT2D eigenvalue weighted by atomic mass is 16.5. The molecule has 0 aromatic heterocycles. The van der Waals surface area contributed by atoms with E-state index >= 15 is 0 Å². The van der Waals surface area contributed by atoms with Gasteiger partial charge < -0.3 is 9.84 Å². The maximum absolute atomic E-state index is 10.6. The molecule has 14 heavy (non-hydrogen) atoms. The van der Waals surface area contributed by atoms with Crippen molar-refractivity contribution in [3.63, 3.8) is 0 Å². The van der Waals surface area contributed by atoms with Crippen LogP contribution in [0.3, 0.4) is 0 Å². The molecule has 0 fully saturated rings. The molecular formula is C11H12O3. The van der Waals surface area contributed by atoms with Crippen LogP contribution >= 0.6 is 0 Å². The van der Waals surface area contributed by atoms with Crippen LogP contribution in [-0.4, -0.2) is 18.2 Å². The number of methoxy groups -OCH3 is 1. The molecule has 3 nitrogen and oxygen atoms in total. The highest BCUT2D eigenvalue weighted by molar-refractivity contribution is 5.91.